The summed E-state index contributed by atoms with van der Waals surface area (Å²) in [5.74, 6) is 0.147. The molecule has 1 aromatic carbocycles. The number of ketones is 1. The van der Waals surface area contributed by atoms with Gasteiger partial charge >= 0.3 is 0 Å². The molecule has 88 valence electrons. The second-order valence-corrected chi connectivity index (χ2v) is 4.37. The molecule has 0 fully saturated rings. The summed E-state index contributed by atoms with van der Waals surface area (Å²) >= 11 is 0. The highest BCUT2D eigenvalue weighted by Gasteiger charge is 2.17. The number of hydrogen-bond acceptors (Lipinski definition) is 3. The van der Waals surface area contributed by atoms with Crippen LogP contribution in [0.1, 0.15) is 40.9 Å². The highest BCUT2D eigenvalue weighted by Crippen LogP contribution is 2.20. The summed E-state index contributed by atoms with van der Waals surface area (Å²) in [7, 11) is 0. The van der Waals surface area contributed by atoms with Crippen molar-refractivity contribution >= 4 is 5.78 Å². The summed E-state index contributed by atoms with van der Waals surface area (Å²) in [6.07, 6.45) is 0. The highest BCUT2D eigenvalue weighted by atomic mass is 16.1. The second-order valence-electron chi connectivity index (χ2n) is 4.37. The van der Waals surface area contributed by atoms with Crippen LogP contribution in [-0.2, 0) is 13.1 Å². The minimum absolute atomic E-state index is 0.00673. The monoisotopic (exact) mass is 220 g/mol. The average molecular weight is 220 g/mol. The van der Waals surface area contributed by atoms with Crippen LogP contribution in [-0.4, -0.2) is 5.78 Å². The van der Waals surface area contributed by atoms with Crippen LogP contribution in [0, 0.1) is 12.8 Å². The Morgan fingerprint density at radius 3 is 2.31 bits per heavy atom. The van der Waals surface area contributed by atoms with E-state index >= 15 is 0 Å². The van der Waals surface area contributed by atoms with E-state index in [0.29, 0.717) is 13.1 Å². The van der Waals surface area contributed by atoms with Crippen molar-refractivity contribution in [1.82, 2.24) is 0 Å². The van der Waals surface area contributed by atoms with Crippen LogP contribution < -0.4 is 11.5 Å². The predicted octanol–water partition coefficient (Wildman–Crippen LogP) is 1.75. The molecule has 0 amide bonds. The number of hydrogen-bond donors (Lipinski definition) is 2. The number of aryl methyl sites for hydroxylation is 1. The van der Waals surface area contributed by atoms with Gasteiger partial charge in [0.1, 0.15) is 0 Å². The molecule has 3 nitrogen and oxygen atoms in total. The van der Waals surface area contributed by atoms with Gasteiger partial charge in [-0.15, -0.1) is 0 Å². The third-order valence-electron chi connectivity index (χ3n) is 2.70. The predicted molar refractivity (Wildman–Crippen MR) is 66.1 cm³/mol. The van der Waals surface area contributed by atoms with Crippen LogP contribution in [0.4, 0.5) is 0 Å². The molecular formula is C13H20N2O. The summed E-state index contributed by atoms with van der Waals surface area (Å²) in [4.78, 5) is 12.1. The molecular weight excluding hydrogens is 200 g/mol. The minimum Gasteiger partial charge on any atom is -0.326 e. The van der Waals surface area contributed by atoms with E-state index in [1.165, 1.54) is 0 Å². The molecule has 4 N–H and O–H groups in total. The lowest BCUT2D eigenvalue weighted by atomic mass is 9.91. The van der Waals surface area contributed by atoms with E-state index in [9.17, 15) is 4.79 Å². The van der Waals surface area contributed by atoms with Crippen LogP contribution in [0.5, 0.6) is 0 Å². The molecule has 0 bridgehead atoms. The zero-order valence-corrected chi connectivity index (χ0v) is 10.2. The van der Waals surface area contributed by atoms with Gasteiger partial charge in [0.05, 0.1) is 0 Å². The first-order valence-electron chi connectivity index (χ1n) is 5.58. The van der Waals surface area contributed by atoms with Gasteiger partial charge < -0.3 is 11.5 Å². The smallest absolute Gasteiger partial charge is 0.165 e. The molecule has 0 aliphatic heterocycles. The lowest BCUT2D eigenvalue weighted by Crippen LogP contribution is -2.15. The van der Waals surface area contributed by atoms with Gasteiger partial charge in [-0.3, -0.25) is 4.79 Å². The van der Waals surface area contributed by atoms with E-state index in [-0.39, 0.29) is 11.7 Å². The van der Waals surface area contributed by atoms with Gasteiger partial charge in [-0.2, -0.15) is 0 Å². The SMILES string of the molecule is Cc1cc(CN)cc(CN)c1C(=O)C(C)C. The molecule has 0 saturated heterocycles. The maximum Gasteiger partial charge on any atom is 0.165 e. The average Bonchev–Trinajstić information content (AvgIpc) is 2.26. The van der Waals surface area contributed by atoms with Gasteiger partial charge in [0.15, 0.2) is 5.78 Å². The van der Waals surface area contributed by atoms with Crippen LogP contribution in [0.2, 0.25) is 0 Å². The van der Waals surface area contributed by atoms with Crippen molar-refractivity contribution in [2.45, 2.75) is 33.9 Å². The molecule has 0 atom stereocenters. The fourth-order valence-corrected chi connectivity index (χ4v) is 1.86. The van der Waals surface area contributed by atoms with Crippen LogP contribution in [0.3, 0.4) is 0 Å². The molecule has 0 heterocycles. The number of benzene rings is 1. The van der Waals surface area contributed by atoms with Crippen molar-refractivity contribution in [2.24, 2.45) is 17.4 Å². The summed E-state index contributed by atoms with van der Waals surface area (Å²) < 4.78 is 0. The maximum absolute atomic E-state index is 12.1. The molecule has 0 saturated carbocycles. The Morgan fingerprint density at radius 1 is 1.25 bits per heavy atom. The third-order valence-corrected chi connectivity index (χ3v) is 2.70. The zero-order chi connectivity index (χ0) is 12.3. The molecule has 1 rings (SSSR count). The lowest BCUT2D eigenvalue weighted by molar-refractivity contribution is 0.0938. The van der Waals surface area contributed by atoms with Gasteiger partial charge in [0.25, 0.3) is 0 Å². The largest absolute Gasteiger partial charge is 0.326 e. The standard InChI is InChI=1S/C13H20N2O/c1-8(2)13(16)12-9(3)4-10(6-14)5-11(12)7-15/h4-5,8H,6-7,14-15H2,1-3H3. The van der Waals surface area contributed by atoms with E-state index in [1.54, 1.807) is 0 Å². The van der Waals surface area contributed by atoms with Crippen LogP contribution in [0.15, 0.2) is 12.1 Å². The topological polar surface area (TPSA) is 69.1 Å². The van der Waals surface area contributed by atoms with Crippen molar-refractivity contribution in [1.29, 1.82) is 0 Å². The quantitative estimate of drug-likeness (QED) is 0.759. The zero-order valence-electron chi connectivity index (χ0n) is 10.2. The fourth-order valence-electron chi connectivity index (χ4n) is 1.86. The van der Waals surface area contributed by atoms with E-state index in [0.717, 1.165) is 22.3 Å². The van der Waals surface area contributed by atoms with Crippen LogP contribution >= 0.6 is 0 Å². The highest BCUT2D eigenvalue weighted by molar-refractivity contribution is 6.00. The number of carbonyl (C=O) groups is 1. The minimum atomic E-state index is -0.00673. The van der Waals surface area contributed by atoms with Gasteiger partial charge in [-0.05, 0) is 23.6 Å². The Bertz CT molecular complexity index is 397. The Hall–Kier alpha value is -1.19. The maximum atomic E-state index is 12.1. The van der Waals surface area contributed by atoms with Crippen molar-refractivity contribution in [3.05, 3.63) is 34.4 Å². The molecule has 0 spiro atoms. The third kappa shape index (κ3) is 2.49. The van der Waals surface area contributed by atoms with Crippen molar-refractivity contribution in [3.8, 4) is 0 Å². The summed E-state index contributed by atoms with van der Waals surface area (Å²) in [5.41, 5.74) is 15.0. The van der Waals surface area contributed by atoms with E-state index in [2.05, 4.69) is 0 Å². The fraction of sp³-hybridized carbons (Fsp3) is 0.462. The van der Waals surface area contributed by atoms with Crippen molar-refractivity contribution in [2.75, 3.05) is 0 Å². The van der Waals surface area contributed by atoms with Crippen LogP contribution in [0.25, 0.3) is 0 Å². The van der Waals surface area contributed by atoms with E-state index in [1.807, 2.05) is 32.9 Å². The Morgan fingerprint density at radius 2 is 1.88 bits per heavy atom. The van der Waals surface area contributed by atoms with E-state index < -0.39 is 0 Å². The van der Waals surface area contributed by atoms with Gasteiger partial charge in [0.2, 0.25) is 0 Å². The van der Waals surface area contributed by atoms with E-state index in [4.69, 9.17) is 11.5 Å². The molecule has 16 heavy (non-hydrogen) atoms. The lowest BCUT2D eigenvalue weighted by Gasteiger charge is -2.14. The van der Waals surface area contributed by atoms with Crippen molar-refractivity contribution in [3.63, 3.8) is 0 Å². The van der Waals surface area contributed by atoms with Gasteiger partial charge in [0, 0.05) is 24.6 Å². The number of rotatable bonds is 4. The molecule has 0 radical (unpaired) electrons. The summed E-state index contributed by atoms with van der Waals surface area (Å²) in [6.45, 7) is 6.60. The first kappa shape index (κ1) is 12.9. The first-order valence-corrected chi connectivity index (χ1v) is 5.58. The number of carbonyl (C=O) groups excluding carboxylic acids is 1. The molecule has 0 aromatic heterocycles. The number of Topliss-reactive ketones (excluding diaryl/α,β-unsaturated/α-hetero) is 1. The molecule has 0 aliphatic rings. The number of nitrogens with two attached hydrogens (primary N) is 2. The Kier molecular flexibility index (Phi) is 4.21. The molecule has 0 aliphatic carbocycles. The summed E-state index contributed by atoms with van der Waals surface area (Å²) in [6, 6.07) is 3.90. The molecule has 0 unspecified atom stereocenters. The second kappa shape index (κ2) is 5.23. The Balaban J connectivity index is 3.32. The first-order chi connectivity index (χ1) is 7.51. The van der Waals surface area contributed by atoms with Crippen molar-refractivity contribution < 1.29 is 4.79 Å². The Labute approximate surface area is 96.8 Å². The molecule has 3 heteroatoms. The summed E-state index contributed by atoms with van der Waals surface area (Å²) in [5, 5.41) is 0. The normalized spacial score (nSPS) is 10.9. The van der Waals surface area contributed by atoms with Gasteiger partial charge in [-0.25, -0.2) is 0 Å². The molecule has 1 aromatic rings. The van der Waals surface area contributed by atoms with Gasteiger partial charge in [-0.1, -0.05) is 26.0 Å².